The van der Waals surface area contributed by atoms with Crippen LogP contribution in [0.2, 0.25) is 5.02 Å². The lowest BCUT2D eigenvalue weighted by molar-refractivity contribution is 0.101. The molecule has 0 atom stereocenters. The van der Waals surface area contributed by atoms with Crippen LogP contribution in [-0.2, 0) is 0 Å². The molecule has 1 aromatic heterocycles. The maximum Gasteiger partial charge on any atom is 0.280 e. The SMILES string of the molecule is COc1cn(-c2ccc(F)cc2)nc1C(=O)Nc1ccc(Cl)cc1. The lowest BCUT2D eigenvalue weighted by atomic mass is 10.3. The topological polar surface area (TPSA) is 56.2 Å². The van der Waals surface area contributed by atoms with Gasteiger partial charge < -0.3 is 10.1 Å². The molecule has 1 amide bonds. The van der Waals surface area contributed by atoms with E-state index in [0.717, 1.165) is 0 Å². The first-order valence-electron chi connectivity index (χ1n) is 7.03. The molecule has 3 rings (SSSR count). The third kappa shape index (κ3) is 3.38. The number of carbonyl (C=O) groups excluding carboxylic acids is 1. The van der Waals surface area contributed by atoms with Crippen molar-refractivity contribution in [3.63, 3.8) is 0 Å². The van der Waals surface area contributed by atoms with Crippen molar-refractivity contribution in [2.75, 3.05) is 12.4 Å². The summed E-state index contributed by atoms with van der Waals surface area (Å²) in [5.74, 6) is -0.459. The van der Waals surface area contributed by atoms with Gasteiger partial charge in [0, 0.05) is 10.7 Å². The van der Waals surface area contributed by atoms with Crippen molar-refractivity contribution < 1.29 is 13.9 Å². The van der Waals surface area contributed by atoms with Gasteiger partial charge in [-0.2, -0.15) is 5.10 Å². The zero-order valence-electron chi connectivity index (χ0n) is 12.7. The molecular formula is C17H13ClFN3O2. The van der Waals surface area contributed by atoms with Crippen LogP contribution in [0.25, 0.3) is 5.69 Å². The van der Waals surface area contributed by atoms with Crippen molar-refractivity contribution in [2.24, 2.45) is 0 Å². The number of benzene rings is 2. The second-order valence-electron chi connectivity index (χ2n) is 4.93. The predicted octanol–water partition coefficient (Wildman–Crippen LogP) is 3.93. The largest absolute Gasteiger partial charge is 0.493 e. The number of amides is 1. The summed E-state index contributed by atoms with van der Waals surface area (Å²) in [5, 5.41) is 7.52. The van der Waals surface area contributed by atoms with E-state index in [-0.39, 0.29) is 11.5 Å². The number of rotatable bonds is 4. The van der Waals surface area contributed by atoms with Crippen LogP contribution in [-0.4, -0.2) is 22.8 Å². The predicted molar refractivity (Wildman–Crippen MR) is 89.5 cm³/mol. The molecule has 0 aliphatic rings. The maximum absolute atomic E-state index is 13.0. The summed E-state index contributed by atoms with van der Waals surface area (Å²) in [6, 6.07) is 12.5. The van der Waals surface area contributed by atoms with Gasteiger partial charge in [0.05, 0.1) is 19.0 Å². The number of nitrogens with one attached hydrogen (secondary N) is 1. The number of halogens is 2. The smallest absolute Gasteiger partial charge is 0.280 e. The van der Waals surface area contributed by atoms with Crippen molar-refractivity contribution in [3.8, 4) is 11.4 Å². The van der Waals surface area contributed by atoms with Crippen LogP contribution in [0.1, 0.15) is 10.5 Å². The maximum atomic E-state index is 13.0. The molecule has 0 fully saturated rings. The Morgan fingerprint density at radius 3 is 2.46 bits per heavy atom. The number of carbonyl (C=O) groups is 1. The Bertz CT molecular complexity index is 861. The molecule has 1 N–H and O–H groups in total. The van der Waals surface area contributed by atoms with E-state index < -0.39 is 5.91 Å². The number of nitrogens with zero attached hydrogens (tertiary/aromatic N) is 2. The van der Waals surface area contributed by atoms with Crippen molar-refractivity contribution >= 4 is 23.2 Å². The van der Waals surface area contributed by atoms with E-state index in [9.17, 15) is 9.18 Å². The molecule has 0 unspecified atom stereocenters. The van der Waals surface area contributed by atoms with Gasteiger partial charge in [0.2, 0.25) is 0 Å². The summed E-state index contributed by atoms with van der Waals surface area (Å²) in [7, 11) is 1.45. The third-order valence-corrected chi connectivity index (χ3v) is 3.56. The fourth-order valence-electron chi connectivity index (χ4n) is 2.11. The first-order valence-corrected chi connectivity index (χ1v) is 7.41. The molecular weight excluding hydrogens is 333 g/mol. The number of methoxy groups -OCH3 is 1. The van der Waals surface area contributed by atoms with Crippen LogP contribution in [0.5, 0.6) is 5.75 Å². The van der Waals surface area contributed by atoms with Gasteiger partial charge in [-0.1, -0.05) is 11.6 Å². The quantitative estimate of drug-likeness (QED) is 0.779. The molecule has 0 bridgehead atoms. The van der Waals surface area contributed by atoms with E-state index >= 15 is 0 Å². The van der Waals surface area contributed by atoms with E-state index in [1.54, 1.807) is 42.6 Å². The number of hydrogen-bond donors (Lipinski definition) is 1. The fraction of sp³-hybridized carbons (Fsp3) is 0.0588. The van der Waals surface area contributed by atoms with Gasteiger partial charge in [0.15, 0.2) is 11.4 Å². The van der Waals surface area contributed by atoms with Crippen LogP contribution < -0.4 is 10.1 Å². The summed E-state index contributed by atoms with van der Waals surface area (Å²) in [6.07, 6.45) is 1.56. The fourth-order valence-corrected chi connectivity index (χ4v) is 2.24. The van der Waals surface area contributed by atoms with Gasteiger partial charge in [0.1, 0.15) is 5.82 Å². The number of aromatic nitrogens is 2. The second kappa shape index (κ2) is 6.72. The molecule has 1 heterocycles. The molecule has 122 valence electrons. The first kappa shape index (κ1) is 16.0. The van der Waals surface area contributed by atoms with Gasteiger partial charge >= 0.3 is 0 Å². The number of hydrogen-bond acceptors (Lipinski definition) is 3. The van der Waals surface area contributed by atoms with Crippen LogP contribution in [0.15, 0.2) is 54.7 Å². The zero-order chi connectivity index (χ0) is 17.1. The minimum atomic E-state index is -0.421. The van der Waals surface area contributed by atoms with E-state index in [1.165, 1.54) is 23.9 Å². The molecule has 24 heavy (non-hydrogen) atoms. The Morgan fingerprint density at radius 1 is 1.17 bits per heavy atom. The van der Waals surface area contributed by atoms with E-state index in [0.29, 0.717) is 22.1 Å². The summed E-state index contributed by atoms with van der Waals surface area (Å²) in [5.41, 5.74) is 1.32. The van der Waals surface area contributed by atoms with Gasteiger partial charge in [-0.05, 0) is 48.5 Å². The van der Waals surface area contributed by atoms with E-state index in [2.05, 4.69) is 10.4 Å². The van der Waals surface area contributed by atoms with Crippen molar-refractivity contribution in [1.29, 1.82) is 0 Å². The highest BCUT2D eigenvalue weighted by Gasteiger charge is 2.18. The Morgan fingerprint density at radius 2 is 1.83 bits per heavy atom. The first-order chi connectivity index (χ1) is 11.6. The lowest BCUT2D eigenvalue weighted by Gasteiger charge is -2.04. The standard InChI is InChI=1S/C17H13ClFN3O2/c1-24-15-10-22(14-8-4-12(19)5-9-14)21-16(15)17(23)20-13-6-2-11(18)3-7-13/h2-10H,1H3,(H,20,23). The molecule has 3 aromatic rings. The average molecular weight is 346 g/mol. The molecule has 0 aliphatic heterocycles. The molecule has 0 aliphatic carbocycles. The highest BCUT2D eigenvalue weighted by Crippen LogP contribution is 2.21. The Kier molecular flexibility index (Phi) is 4.48. The van der Waals surface area contributed by atoms with Crippen LogP contribution in [0.3, 0.4) is 0 Å². The monoisotopic (exact) mass is 345 g/mol. The van der Waals surface area contributed by atoms with Crippen LogP contribution >= 0.6 is 11.6 Å². The second-order valence-corrected chi connectivity index (χ2v) is 5.36. The molecule has 0 radical (unpaired) electrons. The van der Waals surface area contributed by atoms with Crippen molar-refractivity contribution in [3.05, 3.63) is 71.3 Å². The van der Waals surface area contributed by atoms with Crippen LogP contribution in [0, 0.1) is 5.82 Å². The molecule has 2 aromatic carbocycles. The van der Waals surface area contributed by atoms with Gasteiger partial charge in [-0.15, -0.1) is 0 Å². The third-order valence-electron chi connectivity index (χ3n) is 3.31. The van der Waals surface area contributed by atoms with Crippen molar-refractivity contribution in [1.82, 2.24) is 9.78 Å². The summed E-state index contributed by atoms with van der Waals surface area (Å²) < 4.78 is 19.7. The summed E-state index contributed by atoms with van der Waals surface area (Å²) in [6.45, 7) is 0. The van der Waals surface area contributed by atoms with Gasteiger partial charge in [-0.3, -0.25) is 4.79 Å². The summed E-state index contributed by atoms with van der Waals surface area (Å²) in [4.78, 5) is 12.4. The lowest BCUT2D eigenvalue weighted by Crippen LogP contribution is -2.14. The van der Waals surface area contributed by atoms with E-state index in [1.807, 2.05) is 0 Å². The molecule has 0 saturated heterocycles. The minimum absolute atomic E-state index is 0.122. The van der Waals surface area contributed by atoms with Gasteiger partial charge in [0.25, 0.3) is 5.91 Å². The molecule has 7 heteroatoms. The van der Waals surface area contributed by atoms with E-state index in [4.69, 9.17) is 16.3 Å². The van der Waals surface area contributed by atoms with Crippen molar-refractivity contribution in [2.45, 2.75) is 0 Å². The Labute approximate surface area is 142 Å². The normalized spacial score (nSPS) is 10.5. The number of anilines is 1. The molecule has 5 nitrogen and oxygen atoms in total. The highest BCUT2D eigenvalue weighted by atomic mass is 35.5. The number of ether oxygens (including phenoxy) is 1. The Hall–Kier alpha value is -2.86. The zero-order valence-corrected chi connectivity index (χ0v) is 13.4. The Balaban J connectivity index is 1.88. The van der Waals surface area contributed by atoms with Gasteiger partial charge in [-0.25, -0.2) is 9.07 Å². The summed E-state index contributed by atoms with van der Waals surface area (Å²) >= 11 is 5.82. The minimum Gasteiger partial charge on any atom is -0.493 e. The molecule has 0 spiro atoms. The van der Waals surface area contributed by atoms with Crippen LogP contribution in [0.4, 0.5) is 10.1 Å². The highest BCUT2D eigenvalue weighted by molar-refractivity contribution is 6.30. The average Bonchev–Trinajstić information content (AvgIpc) is 3.02. The molecule has 0 saturated carbocycles.